The van der Waals surface area contributed by atoms with E-state index < -0.39 is 0 Å². The maximum Gasteiger partial charge on any atom is 0.321 e. The Kier molecular flexibility index (Phi) is 9.67. The molecule has 4 aliphatic rings. The van der Waals surface area contributed by atoms with Crippen LogP contribution < -0.4 is 0 Å². The second kappa shape index (κ2) is 11.9. The summed E-state index contributed by atoms with van der Waals surface area (Å²) in [6.45, 7) is 16.3. The summed E-state index contributed by atoms with van der Waals surface area (Å²) in [5, 5.41) is 0.0534. The average molecular weight is 618 g/mol. The Balaban J connectivity index is 1.69. The molecule has 4 rings (SSSR count). The van der Waals surface area contributed by atoms with Crippen LogP contribution in [0.1, 0.15) is 106 Å². The minimum absolute atomic E-state index is 0.0154. The molecule has 0 aliphatic heterocycles. The minimum atomic E-state index is -0.331. The van der Waals surface area contributed by atoms with Crippen molar-refractivity contribution in [2.75, 3.05) is 11.8 Å². The first-order valence-electron chi connectivity index (χ1n) is 15.4. The molecule has 4 fully saturated rings. The van der Waals surface area contributed by atoms with Gasteiger partial charge in [0.2, 0.25) is 0 Å². The standard InChI is InChI=1S/C33H51Cl3O4/c1-20(2)9-8-10-22(36)21-11-15-33(7)29(21)23(39-27(37)18-34)17-25-31(5)14-13-26(40-28(38)19-35)30(3,4)24(31)12-16-32(25,33)6/h9,21-26,29H,8,10-19H2,1-7H3/t21-,22-,23-,24+,25-,26+,29+,31+,32-,33-/m1/s1. The smallest absolute Gasteiger partial charge is 0.321 e. The fraction of sp³-hybridized carbons (Fsp3) is 0.879. The summed E-state index contributed by atoms with van der Waals surface area (Å²) in [6, 6.07) is 0. The molecule has 0 aromatic rings. The van der Waals surface area contributed by atoms with Gasteiger partial charge in [0.15, 0.2) is 0 Å². The normalized spacial score (nSPS) is 42.5. The van der Waals surface area contributed by atoms with E-state index in [1.807, 2.05) is 0 Å². The fourth-order valence-corrected chi connectivity index (χ4v) is 11.2. The van der Waals surface area contributed by atoms with Gasteiger partial charge in [0, 0.05) is 16.7 Å². The van der Waals surface area contributed by atoms with Gasteiger partial charge in [-0.2, -0.15) is 0 Å². The lowest BCUT2D eigenvalue weighted by atomic mass is 9.35. The van der Waals surface area contributed by atoms with Gasteiger partial charge in [-0.25, -0.2) is 0 Å². The summed E-state index contributed by atoms with van der Waals surface area (Å²) in [4.78, 5) is 24.9. The molecule has 228 valence electrons. The molecule has 0 aromatic carbocycles. The van der Waals surface area contributed by atoms with E-state index in [1.165, 1.54) is 5.57 Å². The average Bonchev–Trinajstić information content (AvgIpc) is 3.26. The lowest BCUT2D eigenvalue weighted by molar-refractivity contribution is -0.247. The van der Waals surface area contributed by atoms with Crippen molar-refractivity contribution in [1.82, 2.24) is 0 Å². The Bertz CT molecular complexity index is 992. The van der Waals surface area contributed by atoms with Crippen molar-refractivity contribution >= 4 is 46.7 Å². The zero-order valence-corrected chi connectivity index (χ0v) is 27.9. The Morgan fingerprint density at radius 3 is 2.12 bits per heavy atom. The summed E-state index contributed by atoms with van der Waals surface area (Å²) < 4.78 is 12.2. The first-order valence-corrected chi connectivity index (χ1v) is 16.9. The topological polar surface area (TPSA) is 52.6 Å². The van der Waals surface area contributed by atoms with Crippen LogP contribution in [-0.2, 0) is 19.1 Å². The molecule has 0 aromatic heterocycles. The zero-order chi connectivity index (χ0) is 29.7. The van der Waals surface area contributed by atoms with Crippen LogP contribution >= 0.6 is 34.8 Å². The van der Waals surface area contributed by atoms with Gasteiger partial charge in [0.05, 0.1) is 0 Å². The van der Waals surface area contributed by atoms with Gasteiger partial charge in [-0.3, -0.25) is 9.59 Å². The highest BCUT2D eigenvalue weighted by molar-refractivity contribution is 6.26. The molecule has 4 saturated carbocycles. The van der Waals surface area contributed by atoms with Crippen molar-refractivity contribution in [2.45, 2.75) is 124 Å². The molecule has 0 amide bonds. The molecule has 7 heteroatoms. The van der Waals surface area contributed by atoms with Gasteiger partial charge in [-0.05, 0) is 106 Å². The number of rotatable bonds is 8. The number of carbonyl (C=O) groups is 2. The van der Waals surface area contributed by atoms with Crippen LogP contribution in [-0.4, -0.2) is 41.3 Å². The zero-order valence-electron chi connectivity index (χ0n) is 25.7. The number of hydrogen-bond donors (Lipinski definition) is 0. The molecule has 4 aliphatic carbocycles. The minimum Gasteiger partial charge on any atom is -0.461 e. The third kappa shape index (κ3) is 5.38. The number of esters is 2. The number of carbonyl (C=O) groups excluding carboxylic acids is 2. The van der Waals surface area contributed by atoms with E-state index >= 15 is 0 Å². The van der Waals surface area contributed by atoms with E-state index in [0.29, 0.717) is 17.8 Å². The number of ether oxygens (including phenoxy) is 2. The summed E-state index contributed by atoms with van der Waals surface area (Å²) >= 11 is 19.0. The number of alkyl halides is 3. The third-order valence-electron chi connectivity index (χ3n) is 12.6. The predicted molar refractivity (Wildman–Crippen MR) is 164 cm³/mol. The number of hydrogen-bond acceptors (Lipinski definition) is 4. The van der Waals surface area contributed by atoms with E-state index in [1.54, 1.807) is 0 Å². The van der Waals surface area contributed by atoms with Gasteiger partial charge in [0.1, 0.15) is 24.0 Å². The van der Waals surface area contributed by atoms with E-state index in [2.05, 4.69) is 54.5 Å². The van der Waals surface area contributed by atoms with Crippen molar-refractivity contribution in [1.29, 1.82) is 0 Å². The molecule has 0 unspecified atom stereocenters. The maximum atomic E-state index is 12.7. The van der Waals surface area contributed by atoms with Crippen LogP contribution in [0.15, 0.2) is 11.6 Å². The van der Waals surface area contributed by atoms with Crippen LogP contribution in [0.2, 0.25) is 0 Å². The molecule has 0 spiro atoms. The summed E-state index contributed by atoms with van der Waals surface area (Å²) in [6.07, 6.45) is 11.0. The highest BCUT2D eigenvalue weighted by Gasteiger charge is 2.71. The first-order chi connectivity index (χ1) is 18.7. The molecule has 0 heterocycles. The Hall–Kier alpha value is -0.450. The third-order valence-corrected chi connectivity index (χ3v) is 13.6. The van der Waals surface area contributed by atoms with Crippen LogP contribution in [0.3, 0.4) is 0 Å². The summed E-state index contributed by atoms with van der Waals surface area (Å²) in [5.74, 6) is 0.426. The molecular formula is C33H51Cl3O4. The molecule has 0 radical (unpaired) electrons. The van der Waals surface area contributed by atoms with Gasteiger partial charge >= 0.3 is 11.9 Å². The highest BCUT2D eigenvalue weighted by atomic mass is 35.5. The van der Waals surface area contributed by atoms with Gasteiger partial charge in [0.25, 0.3) is 0 Å². The van der Waals surface area contributed by atoms with E-state index in [-0.39, 0.29) is 68.9 Å². The Morgan fingerprint density at radius 2 is 1.50 bits per heavy atom. The molecule has 4 nitrogen and oxygen atoms in total. The lowest BCUT2D eigenvalue weighted by Gasteiger charge is -2.70. The highest BCUT2D eigenvalue weighted by Crippen LogP contribution is 2.76. The SMILES string of the molecule is CC(C)=CCC[C@@H](Cl)[C@H]1CC[C@]2(C)[C@@H]1[C@H](OC(=O)CCl)C[C@@H]1[C@@]3(C)CC[C@H](OC(=O)CCl)C(C)(C)[C@@H]3CC[C@]12C. The molecular weight excluding hydrogens is 567 g/mol. The van der Waals surface area contributed by atoms with Gasteiger partial charge < -0.3 is 9.47 Å². The van der Waals surface area contributed by atoms with E-state index in [9.17, 15) is 9.59 Å². The predicted octanol–water partition coefficient (Wildman–Crippen LogP) is 8.94. The molecule has 10 atom stereocenters. The van der Waals surface area contributed by atoms with Crippen LogP contribution in [0, 0.1) is 45.3 Å². The first kappa shape index (κ1) is 32.5. The lowest BCUT2D eigenvalue weighted by Crippen LogP contribution is -2.66. The Labute approximate surface area is 257 Å². The molecule has 0 saturated heterocycles. The second-order valence-corrected chi connectivity index (χ2v) is 16.1. The monoisotopic (exact) mass is 616 g/mol. The van der Waals surface area contributed by atoms with Crippen molar-refractivity contribution in [2.24, 2.45) is 45.3 Å². The van der Waals surface area contributed by atoms with Crippen molar-refractivity contribution in [3.63, 3.8) is 0 Å². The van der Waals surface area contributed by atoms with E-state index in [4.69, 9.17) is 44.3 Å². The van der Waals surface area contributed by atoms with Gasteiger partial charge in [-0.1, -0.05) is 46.3 Å². The number of halogens is 3. The van der Waals surface area contributed by atoms with Gasteiger partial charge in [-0.15, -0.1) is 34.8 Å². The largest absolute Gasteiger partial charge is 0.461 e. The van der Waals surface area contributed by atoms with Crippen molar-refractivity contribution < 1.29 is 19.1 Å². The molecule has 0 N–H and O–H groups in total. The quantitative estimate of drug-likeness (QED) is 0.155. The fourth-order valence-electron chi connectivity index (χ4n) is 10.6. The maximum absolute atomic E-state index is 12.7. The summed E-state index contributed by atoms with van der Waals surface area (Å²) in [7, 11) is 0. The molecule has 40 heavy (non-hydrogen) atoms. The van der Waals surface area contributed by atoms with Crippen LogP contribution in [0.25, 0.3) is 0 Å². The molecule has 0 bridgehead atoms. The van der Waals surface area contributed by atoms with Crippen molar-refractivity contribution in [3.8, 4) is 0 Å². The second-order valence-electron chi connectivity index (χ2n) is 15.0. The van der Waals surface area contributed by atoms with Crippen LogP contribution in [0.4, 0.5) is 0 Å². The van der Waals surface area contributed by atoms with E-state index in [0.717, 1.165) is 57.8 Å². The summed E-state index contributed by atoms with van der Waals surface area (Å²) in [5.41, 5.74) is 1.32. The number of fused-ring (bicyclic) bond motifs is 5. The van der Waals surface area contributed by atoms with Crippen molar-refractivity contribution in [3.05, 3.63) is 11.6 Å². The Morgan fingerprint density at radius 1 is 0.875 bits per heavy atom. The van der Waals surface area contributed by atoms with Crippen LogP contribution in [0.5, 0.6) is 0 Å². The number of allylic oxidation sites excluding steroid dienone is 2.